The molecule has 7 nitrogen and oxygen atoms in total. The van der Waals surface area contributed by atoms with Crippen LogP contribution in [0.5, 0.6) is 0 Å². The zero-order valence-corrected chi connectivity index (χ0v) is 23.5. The second kappa shape index (κ2) is 13.5. The Balaban J connectivity index is 0.000000209. The van der Waals surface area contributed by atoms with Crippen LogP contribution in [0.1, 0.15) is 80.6 Å². The molecule has 3 aliphatic rings. The Morgan fingerprint density at radius 3 is 1.51 bits per heavy atom. The van der Waals surface area contributed by atoms with Gasteiger partial charge in [0, 0.05) is 45.9 Å². The minimum Gasteiger partial charge on any atom is -0.748 e. The first kappa shape index (κ1) is 29.3. The molecule has 6 rings (SSSR count). The number of allylic oxidation sites excluding steroid dienone is 2. The van der Waals surface area contributed by atoms with E-state index >= 15 is 0 Å². The van der Waals surface area contributed by atoms with Crippen LogP contribution in [0.2, 0.25) is 0 Å². The van der Waals surface area contributed by atoms with Crippen LogP contribution < -0.4 is 5.32 Å². The standard InChI is InChI=1S/C18H18N4.C5H10O3S.C5H10.Fe/c1-11-3-5-13(19-11)15-7-9-17(21-15)18-10-8-16(22-18)14-6-4-12(2)20-14;6-9(7,8)5-3-1-2-4-5;1-2-4-5-3-1;/h3-10,19-22H,1-2H3;5H,1-4H2,(H,6,7,8);1-5H2;. The topological polar surface area (TPSA) is 121 Å². The zero-order chi connectivity index (χ0) is 25.5. The van der Waals surface area contributed by atoms with Gasteiger partial charge >= 0.3 is 0 Å². The van der Waals surface area contributed by atoms with Crippen molar-refractivity contribution < 1.29 is 35.4 Å². The molecule has 2 fully saturated rings. The average Bonchev–Trinajstić information content (AvgIpc) is 3.65. The summed E-state index contributed by atoms with van der Waals surface area (Å²) >= 11 is 0. The molecule has 5 N–H and O–H groups in total. The molecule has 0 spiro atoms. The summed E-state index contributed by atoms with van der Waals surface area (Å²) in [5, 5.41) is 1.64. The summed E-state index contributed by atoms with van der Waals surface area (Å²) in [4.78, 5) is 10.2. The fourth-order valence-corrected chi connectivity index (χ4v) is 5.80. The Kier molecular flexibility index (Phi) is 10.7. The van der Waals surface area contributed by atoms with E-state index in [0.717, 1.165) is 35.6 Å². The number of H-pyrrole nitrogens is 3. The van der Waals surface area contributed by atoms with Gasteiger partial charge < -0.3 is 19.5 Å². The fourth-order valence-electron chi connectivity index (χ4n) is 4.89. The largest absolute Gasteiger partial charge is 0.748 e. The molecule has 4 heterocycles. The van der Waals surface area contributed by atoms with E-state index in [-0.39, 0.29) is 17.1 Å². The van der Waals surface area contributed by atoms with Gasteiger partial charge in [0.15, 0.2) is 11.4 Å². The Labute approximate surface area is 230 Å². The van der Waals surface area contributed by atoms with Crippen LogP contribution in [-0.4, -0.2) is 33.2 Å². The summed E-state index contributed by atoms with van der Waals surface area (Å²) < 4.78 is 30.8. The van der Waals surface area contributed by atoms with Crippen molar-refractivity contribution in [3.8, 4) is 11.4 Å². The van der Waals surface area contributed by atoms with Gasteiger partial charge in [0.1, 0.15) is 11.4 Å². The van der Waals surface area contributed by atoms with Crippen molar-refractivity contribution in [2.75, 3.05) is 0 Å². The Morgan fingerprint density at radius 2 is 1.08 bits per heavy atom. The van der Waals surface area contributed by atoms with Crippen LogP contribution in [0.25, 0.3) is 22.8 Å². The van der Waals surface area contributed by atoms with E-state index < -0.39 is 15.4 Å². The maximum atomic E-state index is 10.3. The van der Waals surface area contributed by atoms with Crippen LogP contribution in [0.15, 0.2) is 48.6 Å². The maximum Gasteiger partial charge on any atom is 0.158 e. The predicted octanol–water partition coefficient (Wildman–Crippen LogP) is 5.34. The summed E-state index contributed by atoms with van der Waals surface area (Å²) in [6.07, 6.45) is 14.7. The van der Waals surface area contributed by atoms with E-state index in [2.05, 4.69) is 82.7 Å². The van der Waals surface area contributed by atoms with Gasteiger partial charge in [0.05, 0.1) is 21.5 Å². The first-order chi connectivity index (χ1) is 17.3. The minimum absolute atomic E-state index is 0. The van der Waals surface area contributed by atoms with E-state index in [9.17, 15) is 13.0 Å². The number of hydrogen-bond acceptors (Lipinski definition) is 3. The number of aromatic nitrogens is 3. The molecular formula is C28H38FeN4O3S. The normalized spacial score (nSPS) is 17.3. The maximum absolute atomic E-state index is 10.3. The third-order valence-electron chi connectivity index (χ3n) is 6.98. The molecule has 0 unspecified atom stereocenters. The summed E-state index contributed by atoms with van der Waals surface area (Å²) in [5.41, 5.74) is 9.31. The molecule has 2 aliphatic carbocycles. The van der Waals surface area contributed by atoms with Gasteiger partial charge in [0.25, 0.3) is 0 Å². The molecule has 3 aromatic rings. The van der Waals surface area contributed by atoms with E-state index in [4.69, 9.17) is 0 Å². The van der Waals surface area contributed by atoms with Crippen molar-refractivity contribution >= 4 is 21.5 Å². The van der Waals surface area contributed by atoms with Crippen LogP contribution >= 0.6 is 0 Å². The molecule has 0 aromatic carbocycles. The third-order valence-corrected chi connectivity index (χ3v) is 8.26. The predicted molar refractivity (Wildman–Crippen MR) is 144 cm³/mol. The van der Waals surface area contributed by atoms with Crippen LogP contribution in [0, 0.1) is 13.8 Å². The van der Waals surface area contributed by atoms with Gasteiger partial charge in [-0.2, -0.15) is 0 Å². The van der Waals surface area contributed by atoms with Crippen LogP contribution in [0.4, 0.5) is 0 Å². The van der Waals surface area contributed by atoms with Crippen molar-refractivity contribution in [1.29, 1.82) is 0 Å². The van der Waals surface area contributed by atoms with Crippen molar-refractivity contribution in [3.63, 3.8) is 0 Å². The Hall–Kier alpha value is -2.29. The Morgan fingerprint density at radius 1 is 0.676 bits per heavy atom. The van der Waals surface area contributed by atoms with Crippen molar-refractivity contribution in [2.45, 2.75) is 76.9 Å². The second-order valence-electron chi connectivity index (χ2n) is 9.95. The molecule has 0 radical (unpaired) electrons. The number of rotatable bonds is 4. The average molecular weight is 567 g/mol. The quantitative estimate of drug-likeness (QED) is 0.252. The van der Waals surface area contributed by atoms with E-state index in [1.807, 2.05) is 0 Å². The van der Waals surface area contributed by atoms with Gasteiger partial charge in [-0.1, -0.05) is 44.9 Å². The number of nitrogens with one attached hydrogen (secondary N) is 3. The smallest absolute Gasteiger partial charge is 0.158 e. The first-order valence-corrected chi connectivity index (χ1v) is 14.5. The molecule has 3 aromatic heterocycles. The molecule has 0 amide bonds. The number of quaternary nitrogens is 1. The van der Waals surface area contributed by atoms with Crippen molar-refractivity contribution in [2.24, 2.45) is 0 Å². The molecule has 2 saturated carbocycles. The summed E-state index contributed by atoms with van der Waals surface area (Å²) in [7, 11) is -3.95. The van der Waals surface area contributed by atoms with E-state index in [0.29, 0.717) is 12.8 Å². The van der Waals surface area contributed by atoms with Gasteiger partial charge in [-0.25, -0.2) is 8.42 Å². The molecule has 37 heavy (non-hydrogen) atoms. The molecular weight excluding hydrogens is 528 g/mol. The van der Waals surface area contributed by atoms with E-state index in [1.165, 1.54) is 54.9 Å². The monoisotopic (exact) mass is 566 g/mol. The molecule has 9 heteroatoms. The third kappa shape index (κ3) is 8.35. The summed E-state index contributed by atoms with van der Waals surface area (Å²) in [6, 6.07) is 12.7. The first-order valence-electron chi connectivity index (χ1n) is 13.0. The van der Waals surface area contributed by atoms with Crippen molar-refractivity contribution in [3.05, 3.63) is 71.3 Å². The number of nitrogens with two attached hydrogens (primary N) is 1. The summed E-state index contributed by atoms with van der Waals surface area (Å²) in [5.74, 6) is 0. The molecule has 1 aliphatic heterocycles. The number of aromatic amines is 3. The van der Waals surface area contributed by atoms with Crippen LogP contribution in [-0.2, 0) is 27.2 Å². The van der Waals surface area contributed by atoms with Crippen molar-refractivity contribution in [1.82, 2.24) is 15.0 Å². The fraction of sp³-hybridized carbons (Fsp3) is 0.429. The number of aryl methyl sites for hydroxylation is 2. The summed E-state index contributed by atoms with van der Waals surface area (Å²) in [6.45, 7) is 4.14. The van der Waals surface area contributed by atoms with Gasteiger partial charge in [-0.3, -0.25) is 5.32 Å². The van der Waals surface area contributed by atoms with Gasteiger partial charge in [0.2, 0.25) is 0 Å². The van der Waals surface area contributed by atoms with Gasteiger partial charge in [-0.05, 0) is 63.1 Å². The van der Waals surface area contributed by atoms with E-state index in [1.54, 1.807) is 0 Å². The molecule has 0 atom stereocenters. The van der Waals surface area contributed by atoms with Crippen LogP contribution in [0.3, 0.4) is 0 Å². The molecule has 0 saturated heterocycles. The SMILES string of the molecule is C1CCCC1.Cc1ccc(C2=CC=C(c3ccc(-c4ccc(C)[nH]4)[nH]3)[NH2+]2)[nH]1.O=S(=O)([O-])C1CCCC1.[Fe]. The second-order valence-corrected chi connectivity index (χ2v) is 11.6. The zero-order valence-electron chi connectivity index (χ0n) is 21.6. The Bertz CT molecular complexity index is 1300. The number of hydrogen-bond donors (Lipinski definition) is 4. The molecule has 202 valence electrons. The molecule has 0 bridgehead atoms. The van der Waals surface area contributed by atoms with Gasteiger partial charge in [-0.15, -0.1) is 0 Å². The minimum atomic E-state index is -3.95.